The van der Waals surface area contributed by atoms with Gasteiger partial charge < -0.3 is 14.8 Å². The summed E-state index contributed by atoms with van der Waals surface area (Å²) in [5.41, 5.74) is 2.62. The second-order valence-corrected chi connectivity index (χ2v) is 5.63. The summed E-state index contributed by atoms with van der Waals surface area (Å²) >= 11 is 1.75. The van der Waals surface area contributed by atoms with Gasteiger partial charge in [-0.2, -0.15) is 11.3 Å². The SMILES string of the molecule is CCNC(Cc1ccsc1)c1ccc2c(c1)OCCO2. The maximum atomic E-state index is 5.68. The molecule has 1 aromatic carbocycles. The van der Waals surface area contributed by atoms with Gasteiger partial charge in [0, 0.05) is 6.04 Å². The standard InChI is InChI=1S/C16H19NO2S/c1-2-17-14(9-12-5-8-20-11-12)13-3-4-15-16(10-13)19-7-6-18-15/h3-5,8,10-11,14,17H,2,6-7,9H2,1H3. The zero-order chi connectivity index (χ0) is 13.8. The van der Waals surface area contributed by atoms with Crippen LogP contribution in [0, 0.1) is 0 Å². The number of likely N-dealkylation sites (N-methyl/N-ethyl adjacent to an activating group) is 1. The first kappa shape index (κ1) is 13.5. The van der Waals surface area contributed by atoms with Crippen LogP contribution in [0.1, 0.15) is 24.1 Å². The zero-order valence-corrected chi connectivity index (χ0v) is 12.4. The van der Waals surface area contributed by atoms with Crippen LogP contribution in [0.2, 0.25) is 0 Å². The summed E-state index contributed by atoms with van der Waals surface area (Å²) in [7, 11) is 0. The molecule has 1 atom stereocenters. The van der Waals surface area contributed by atoms with Crippen LogP contribution in [-0.2, 0) is 6.42 Å². The van der Waals surface area contributed by atoms with Gasteiger partial charge in [0.25, 0.3) is 0 Å². The lowest BCUT2D eigenvalue weighted by atomic mass is 10.00. The van der Waals surface area contributed by atoms with Gasteiger partial charge in [-0.25, -0.2) is 0 Å². The smallest absolute Gasteiger partial charge is 0.161 e. The predicted molar refractivity (Wildman–Crippen MR) is 81.9 cm³/mol. The summed E-state index contributed by atoms with van der Waals surface area (Å²) in [5, 5.41) is 7.89. The van der Waals surface area contributed by atoms with Crippen molar-refractivity contribution in [3.63, 3.8) is 0 Å². The van der Waals surface area contributed by atoms with E-state index in [9.17, 15) is 0 Å². The molecule has 2 aromatic rings. The van der Waals surface area contributed by atoms with E-state index in [4.69, 9.17) is 9.47 Å². The van der Waals surface area contributed by atoms with Gasteiger partial charge in [0.05, 0.1) is 0 Å². The molecular formula is C16H19NO2S. The maximum absolute atomic E-state index is 5.68. The molecule has 1 aliphatic rings. The zero-order valence-electron chi connectivity index (χ0n) is 11.6. The Morgan fingerprint density at radius 2 is 2.05 bits per heavy atom. The van der Waals surface area contributed by atoms with Crippen molar-refractivity contribution in [3.8, 4) is 11.5 Å². The minimum atomic E-state index is 0.311. The van der Waals surface area contributed by atoms with Crippen LogP contribution in [0.25, 0.3) is 0 Å². The number of benzene rings is 1. The second kappa shape index (κ2) is 6.29. The largest absolute Gasteiger partial charge is 0.486 e. The third kappa shape index (κ3) is 2.97. The Morgan fingerprint density at radius 1 is 1.20 bits per heavy atom. The summed E-state index contributed by atoms with van der Waals surface area (Å²) in [4.78, 5) is 0. The maximum Gasteiger partial charge on any atom is 0.161 e. The monoisotopic (exact) mass is 289 g/mol. The molecule has 0 saturated carbocycles. The van der Waals surface area contributed by atoms with Crippen LogP contribution in [0.5, 0.6) is 11.5 Å². The van der Waals surface area contributed by atoms with Crippen molar-refractivity contribution >= 4 is 11.3 Å². The Labute approximate surface area is 123 Å². The molecule has 0 aliphatic carbocycles. The lowest BCUT2D eigenvalue weighted by molar-refractivity contribution is 0.171. The van der Waals surface area contributed by atoms with Crippen LogP contribution in [0.3, 0.4) is 0 Å². The molecule has 1 aliphatic heterocycles. The topological polar surface area (TPSA) is 30.5 Å². The van der Waals surface area contributed by atoms with Gasteiger partial charge in [-0.1, -0.05) is 13.0 Å². The molecule has 1 aromatic heterocycles. The van der Waals surface area contributed by atoms with Crippen molar-refractivity contribution in [2.45, 2.75) is 19.4 Å². The van der Waals surface area contributed by atoms with Gasteiger partial charge in [-0.05, 0) is 53.1 Å². The molecule has 106 valence electrons. The van der Waals surface area contributed by atoms with E-state index in [-0.39, 0.29) is 0 Å². The van der Waals surface area contributed by atoms with Gasteiger partial charge in [0.1, 0.15) is 13.2 Å². The first-order chi connectivity index (χ1) is 9.86. The molecule has 3 rings (SSSR count). The number of rotatable bonds is 5. The van der Waals surface area contributed by atoms with Gasteiger partial charge in [0.2, 0.25) is 0 Å². The van der Waals surface area contributed by atoms with Crippen molar-refractivity contribution in [2.75, 3.05) is 19.8 Å². The number of nitrogens with one attached hydrogen (secondary N) is 1. The van der Waals surface area contributed by atoms with E-state index < -0.39 is 0 Å². The molecule has 4 heteroatoms. The van der Waals surface area contributed by atoms with Gasteiger partial charge in [-0.3, -0.25) is 0 Å². The van der Waals surface area contributed by atoms with Crippen LogP contribution in [0.15, 0.2) is 35.0 Å². The van der Waals surface area contributed by atoms with Gasteiger partial charge in [-0.15, -0.1) is 0 Å². The van der Waals surface area contributed by atoms with Gasteiger partial charge >= 0.3 is 0 Å². The normalized spacial score (nSPS) is 15.1. The highest BCUT2D eigenvalue weighted by Gasteiger charge is 2.17. The molecule has 3 nitrogen and oxygen atoms in total. The van der Waals surface area contributed by atoms with E-state index in [1.807, 2.05) is 6.07 Å². The fourth-order valence-electron chi connectivity index (χ4n) is 2.48. The molecule has 1 unspecified atom stereocenters. The minimum Gasteiger partial charge on any atom is -0.486 e. The van der Waals surface area contributed by atoms with E-state index in [0.717, 1.165) is 24.5 Å². The molecule has 0 radical (unpaired) electrons. The van der Waals surface area contributed by atoms with E-state index in [0.29, 0.717) is 19.3 Å². The highest BCUT2D eigenvalue weighted by atomic mass is 32.1. The van der Waals surface area contributed by atoms with Crippen LogP contribution < -0.4 is 14.8 Å². The molecule has 2 heterocycles. The number of fused-ring (bicyclic) bond motifs is 1. The summed E-state index contributed by atoms with van der Waals surface area (Å²) < 4.78 is 11.3. The van der Waals surface area contributed by atoms with Crippen LogP contribution in [0.4, 0.5) is 0 Å². The van der Waals surface area contributed by atoms with Crippen LogP contribution in [-0.4, -0.2) is 19.8 Å². The quantitative estimate of drug-likeness (QED) is 0.915. The summed E-state index contributed by atoms with van der Waals surface area (Å²) in [6.45, 7) is 4.35. The number of ether oxygens (including phenoxy) is 2. The molecular weight excluding hydrogens is 270 g/mol. The van der Waals surface area contributed by atoms with Crippen LogP contribution >= 0.6 is 11.3 Å². The summed E-state index contributed by atoms with van der Waals surface area (Å²) in [5.74, 6) is 1.72. The van der Waals surface area contributed by atoms with Crippen molar-refractivity contribution in [2.24, 2.45) is 0 Å². The van der Waals surface area contributed by atoms with Crippen molar-refractivity contribution < 1.29 is 9.47 Å². The Bertz CT molecular complexity index is 554. The van der Waals surface area contributed by atoms with Crippen molar-refractivity contribution in [3.05, 3.63) is 46.2 Å². The second-order valence-electron chi connectivity index (χ2n) is 4.85. The fourth-order valence-corrected chi connectivity index (χ4v) is 3.16. The number of thiophene rings is 1. The fraction of sp³-hybridized carbons (Fsp3) is 0.375. The Hall–Kier alpha value is -1.52. The number of hydrogen-bond donors (Lipinski definition) is 1. The number of hydrogen-bond acceptors (Lipinski definition) is 4. The summed E-state index contributed by atoms with van der Waals surface area (Å²) in [6.07, 6.45) is 0.997. The summed E-state index contributed by atoms with van der Waals surface area (Å²) in [6, 6.07) is 8.75. The molecule has 0 saturated heterocycles. The van der Waals surface area contributed by atoms with E-state index in [1.165, 1.54) is 11.1 Å². The molecule has 1 N–H and O–H groups in total. The van der Waals surface area contributed by atoms with Crippen molar-refractivity contribution in [1.29, 1.82) is 0 Å². The van der Waals surface area contributed by atoms with E-state index in [1.54, 1.807) is 11.3 Å². The lowest BCUT2D eigenvalue weighted by Gasteiger charge is -2.22. The lowest BCUT2D eigenvalue weighted by Crippen LogP contribution is -2.23. The highest BCUT2D eigenvalue weighted by Crippen LogP contribution is 2.33. The van der Waals surface area contributed by atoms with Gasteiger partial charge in [0.15, 0.2) is 11.5 Å². The molecule has 0 bridgehead atoms. The molecule has 20 heavy (non-hydrogen) atoms. The van der Waals surface area contributed by atoms with E-state index >= 15 is 0 Å². The minimum absolute atomic E-state index is 0.311. The Kier molecular flexibility index (Phi) is 4.23. The Morgan fingerprint density at radius 3 is 2.80 bits per heavy atom. The first-order valence-corrected chi connectivity index (χ1v) is 7.95. The predicted octanol–water partition coefficient (Wildman–Crippen LogP) is 3.41. The molecule has 0 fully saturated rings. The highest BCUT2D eigenvalue weighted by molar-refractivity contribution is 7.07. The van der Waals surface area contributed by atoms with E-state index in [2.05, 4.69) is 41.2 Å². The third-order valence-corrected chi connectivity index (χ3v) is 4.17. The average Bonchev–Trinajstić information content (AvgIpc) is 2.99. The third-order valence-electron chi connectivity index (χ3n) is 3.44. The van der Waals surface area contributed by atoms with Crippen molar-refractivity contribution in [1.82, 2.24) is 5.32 Å². The molecule has 0 amide bonds. The Balaban J connectivity index is 1.83. The molecule has 0 spiro atoms. The first-order valence-electron chi connectivity index (χ1n) is 7.01. The average molecular weight is 289 g/mol.